The Labute approximate surface area is 202 Å². The summed E-state index contributed by atoms with van der Waals surface area (Å²) in [7, 11) is 0. The van der Waals surface area contributed by atoms with E-state index in [1.807, 2.05) is 0 Å². The number of alkyl halides is 4. The quantitative estimate of drug-likeness (QED) is 0.270. The molecule has 1 saturated heterocycles. The molecule has 0 N–H and O–H groups in total. The Bertz CT molecular complexity index is 1110. The standard InChI is InChI=1S/C22H17Cl2F5N2OS/c1-12(9-33)31-10-20(26,11-31)14-4-2-13(3-5-14)18-8-21(32-30-18,22(27,28)29)15-6-16(23)19(25)17(24)7-15/h2-7,33H,1,8-11H2. The molecule has 11 heteroatoms. The molecule has 2 aromatic carbocycles. The summed E-state index contributed by atoms with van der Waals surface area (Å²) >= 11 is 15.6. The van der Waals surface area contributed by atoms with Crippen molar-refractivity contribution in [2.24, 2.45) is 5.16 Å². The normalized spacial score (nSPS) is 21.9. The number of likely N-dealkylation sites (tertiary alicyclic amines) is 1. The molecule has 0 amide bonds. The molecule has 3 nitrogen and oxygen atoms in total. The smallest absolute Gasteiger partial charge is 0.374 e. The van der Waals surface area contributed by atoms with Gasteiger partial charge in [0.1, 0.15) is 0 Å². The summed E-state index contributed by atoms with van der Waals surface area (Å²) < 4.78 is 71.2. The van der Waals surface area contributed by atoms with Gasteiger partial charge in [-0.05, 0) is 23.3 Å². The van der Waals surface area contributed by atoms with Crippen LogP contribution in [0.3, 0.4) is 0 Å². The van der Waals surface area contributed by atoms with Gasteiger partial charge in [0.2, 0.25) is 0 Å². The van der Waals surface area contributed by atoms with Crippen LogP contribution in [-0.2, 0) is 16.1 Å². The van der Waals surface area contributed by atoms with Gasteiger partial charge in [0.15, 0.2) is 11.5 Å². The lowest BCUT2D eigenvalue weighted by molar-refractivity contribution is -0.275. The van der Waals surface area contributed by atoms with Crippen LogP contribution in [0.4, 0.5) is 22.0 Å². The van der Waals surface area contributed by atoms with E-state index in [0.29, 0.717) is 22.6 Å². The minimum atomic E-state index is -4.91. The summed E-state index contributed by atoms with van der Waals surface area (Å²) in [5, 5.41) is 2.52. The fourth-order valence-corrected chi connectivity index (χ4v) is 4.56. The first-order valence-electron chi connectivity index (χ1n) is 9.70. The third kappa shape index (κ3) is 4.08. The van der Waals surface area contributed by atoms with Crippen molar-refractivity contribution in [1.29, 1.82) is 0 Å². The molecule has 1 unspecified atom stereocenters. The van der Waals surface area contributed by atoms with Gasteiger partial charge in [-0.2, -0.15) is 25.8 Å². The van der Waals surface area contributed by atoms with E-state index in [0.717, 1.165) is 12.1 Å². The van der Waals surface area contributed by atoms with Crippen LogP contribution in [0.1, 0.15) is 23.1 Å². The van der Waals surface area contributed by atoms with Gasteiger partial charge in [-0.15, -0.1) is 0 Å². The Hall–Kier alpha value is -1.97. The Morgan fingerprint density at radius 2 is 1.70 bits per heavy atom. The molecule has 0 bridgehead atoms. The molecule has 4 rings (SSSR count). The zero-order chi connectivity index (χ0) is 24.2. The zero-order valence-electron chi connectivity index (χ0n) is 16.9. The van der Waals surface area contributed by atoms with E-state index in [1.54, 1.807) is 4.90 Å². The summed E-state index contributed by atoms with van der Waals surface area (Å²) in [5.41, 5.74) is -3.49. The van der Waals surface area contributed by atoms with Gasteiger partial charge in [0.25, 0.3) is 5.60 Å². The van der Waals surface area contributed by atoms with Crippen LogP contribution in [0.15, 0.2) is 53.8 Å². The highest BCUT2D eigenvalue weighted by Gasteiger charge is 2.62. The van der Waals surface area contributed by atoms with Gasteiger partial charge in [-0.3, -0.25) is 0 Å². The van der Waals surface area contributed by atoms with Gasteiger partial charge in [0, 0.05) is 23.4 Å². The number of thiol groups is 1. The average molecular weight is 523 g/mol. The highest BCUT2D eigenvalue weighted by atomic mass is 35.5. The van der Waals surface area contributed by atoms with E-state index in [9.17, 15) is 17.6 Å². The molecule has 0 spiro atoms. The number of rotatable bonds is 5. The van der Waals surface area contributed by atoms with E-state index in [4.69, 9.17) is 28.0 Å². The molecule has 33 heavy (non-hydrogen) atoms. The predicted molar refractivity (Wildman–Crippen MR) is 120 cm³/mol. The first-order chi connectivity index (χ1) is 15.4. The highest BCUT2D eigenvalue weighted by molar-refractivity contribution is 7.80. The second-order valence-corrected chi connectivity index (χ2v) is 9.14. The number of nitrogens with zero attached hydrogens (tertiary/aromatic N) is 2. The summed E-state index contributed by atoms with van der Waals surface area (Å²) in [6.45, 7) is 4.07. The van der Waals surface area contributed by atoms with Crippen molar-refractivity contribution in [2.45, 2.75) is 23.9 Å². The number of halogens is 7. The second-order valence-electron chi connectivity index (χ2n) is 8.01. The summed E-state index contributed by atoms with van der Waals surface area (Å²) in [6.07, 6.45) is -5.60. The molecule has 0 aliphatic carbocycles. The Balaban J connectivity index is 1.58. The fraction of sp³-hybridized carbons (Fsp3) is 0.318. The minimum Gasteiger partial charge on any atom is -0.374 e. The van der Waals surface area contributed by atoms with Crippen molar-refractivity contribution >= 4 is 41.5 Å². The lowest BCUT2D eigenvalue weighted by atomic mass is 9.84. The van der Waals surface area contributed by atoms with E-state index >= 15 is 4.39 Å². The van der Waals surface area contributed by atoms with Crippen LogP contribution in [0.5, 0.6) is 0 Å². The maximum absolute atomic E-state index is 15.1. The number of hydrogen-bond donors (Lipinski definition) is 1. The van der Waals surface area contributed by atoms with E-state index in [1.165, 1.54) is 24.3 Å². The van der Waals surface area contributed by atoms with Crippen molar-refractivity contribution in [1.82, 2.24) is 4.90 Å². The predicted octanol–water partition coefficient (Wildman–Crippen LogP) is 6.64. The number of oxime groups is 1. The van der Waals surface area contributed by atoms with Crippen molar-refractivity contribution in [3.8, 4) is 0 Å². The second kappa shape index (κ2) is 8.36. The third-order valence-corrected chi connectivity index (χ3v) is 6.80. The summed E-state index contributed by atoms with van der Waals surface area (Å²) in [5.74, 6) is -0.609. The maximum atomic E-state index is 15.1. The van der Waals surface area contributed by atoms with Crippen LogP contribution in [0.25, 0.3) is 0 Å². The van der Waals surface area contributed by atoms with Crippen molar-refractivity contribution in [3.63, 3.8) is 0 Å². The Kier molecular flexibility index (Phi) is 6.12. The summed E-state index contributed by atoms with van der Waals surface area (Å²) in [4.78, 5) is 6.69. The van der Waals surface area contributed by atoms with Gasteiger partial charge >= 0.3 is 6.18 Å². The molecule has 2 heterocycles. The molecule has 0 aromatic heterocycles. The molecule has 2 aliphatic heterocycles. The van der Waals surface area contributed by atoms with Gasteiger partial charge < -0.3 is 9.74 Å². The highest BCUT2D eigenvalue weighted by Crippen LogP contribution is 2.50. The Morgan fingerprint density at radius 1 is 1.12 bits per heavy atom. The third-order valence-electron chi connectivity index (χ3n) is 5.88. The van der Waals surface area contributed by atoms with Gasteiger partial charge in [-0.1, -0.05) is 59.2 Å². The van der Waals surface area contributed by atoms with E-state index in [-0.39, 0.29) is 18.8 Å². The van der Waals surface area contributed by atoms with E-state index in [2.05, 4.69) is 24.4 Å². The van der Waals surface area contributed by atoms with E-state index < -0.39 is 45.3 Å². The number of hydrogen-bond acceptors (Lipinski definition) is 4. The first-order valence-corrected chi connectivity index (χ1v) is 11.1. The van der Waals surface area contributed by atoms with Crippen molar-refractivity contribution in [3.05, 3.63) is 81.2 Å². The average Bonchev–Trinajstić information content (AvgIpc) is 3.21. The van der Waals surface area contributed by atoms with Gasteiger partial charge in [-0.25, -0.2) is 8.78 Å². The summed E-state index contributed by atoms with van der Waals surface area (Å²) in [6, 6.07) is 7.66. The molecular weight excluding hydrogens is 506 g/mol. The van der Waals surface area contributed by atoms with Crippen LogP contribution in [0.2, 0.25) is 10.0 Å². The molecule has 0 saturated carbocycles. The minimum absolute atomic E-state index is 0.00189. The Morgan fingerprint density at radius 3 is 2.21 bits per heavy atom. The lowest BCUT2D eigenvalue weighted by Gasteiger charge is -2.46. The van der Waals surface area contributed by atoms with Crippen LogP contribution < -0.4 is 0 Å². The van der Waals surface area contributed by atoms with Crippen molar-refractivity contribution in [2.75, 3.05) is 18.8 Å². The molecule has 2 aliphatic rings. The first kappa shape index (κ1) is 24.2. The molecule has 0 radical (unpaired) electrons. The van der Waals surface area contributed by atoms with Crippen LogP contribution in [0, 0.1) is 5.82 Å². The molecular formula is C22H17Cl2F5N2OS. The zero-order valence-corrected chi connectivity index (χ0v) is 19.3. The van der Waals surface area contributed by atoms with Gasteiger partial charge in [0.05, 0.1) is 28.8 Å². The SMILES string of the molecule is C=C(CS)N1CC(F)(c2ccc(C3=NOC(c4cc(Cl)c(F)c(Cl)c4)(C(F)(F)F)C3)cc2)C1. The molecule has 176 valence electrons. The maximum Gasteiger partial charge on any atom is 0.435 e. The van der Waals surface area contributed by atoms with Crippen molar-refractivity contribution < 1.29 is 26.8 Å². The van der Waals surface area contributed by atoms with Crippen LogP contribution >= 0.6 is 35.8 Å². The fourth-order valence-electron chi connectivity index (χ4n) is 3.87. The number of benzene rings is 2. The molecule has 2 aromatic rings. The lowest BCUT2D eigenvalue weighted by Crippen LogP contribution is -2.55. The topological polar surface area (TPSA) is 24.8 Å². The molecule has 1 fully saturated rings. The molecule has 1 atom stereocenters. The monoisotopic (exact) mass is 522 g/mol. The largest absolute Gasteiger partial charge is 0.435 e. The van der Waals surface area contributed by atoms with Crippen LogP contribution in [-0.4, -0.2) is 35.6 Å².